The van der Waals surface area contributed by atoms with Gasteiger partial charge in [-0.3, -0.25) is 0 Å². The summed E-state index contributed by atoms with van der Waals surface area (Å²) in [5, 5.41) is 3.20. The minimum absolute atomic E-state index is 0.171. The van der Waals surface area contributed by atoms with Crippen LogP contribution < -0.4 is 10.1 Å². The zero-order valence-corrected chi connectivity index (χ0v) is 12.5. The van der Waals surface area contributed by atoms with Gasteiger partial charge in [0.25, 0.3) is 0 Å². The first-order chi connectivity index (χ1) is 9.72. The van der Waals surface area contributed by atoms with Crippen molar-refractivity contribution in [3.63, 3.8) is 0 Å². The highest BCUT2D eigenvalue weighted by atomic mass is 16.5. The molecule has 2 aromatic carbocycles. The van der Waals surface area contributed by atoms with Crippen LogP contribution in [0, 0.1) is 5.92 Å². The number of nitrogens with one attached hydrogen (secondary N) is 1. The van der Waals surface area contributed by atoms with Crippen molar-refractivity contribution in [3.8, 4) is 16.9 Å². The maximum absolute atomic E-state index is 6.24. The highest BCUT2D eigenvalue weighted by molar-refractivity contribution is 5.70. The molecule has 0 aliphatic rings. The van der Waals surface area contributed by atoms with E-state index in [4.69, 9.17) is 4.74 Å². The minimum atomic E-state index is 0.171. The van der Waals surface area contributed by atoms with E-state index in [-0.39, 0.29) is 6.10 Å². The van der Waals surface area contributed by atoms with Gasteiger partial charge in [0.05, 0.1) is 0 Å². The van der Waals surface area contributed by atoms with Crippen LogP contribution in [0.5, 0.6) is 5.75 Å². The summed E-state index contributed by atoms with van der Waals surface area (Å²) in [5.74, 6) is 1.42. The molecule has 2 rings (SSSR count). The van der Waals surface area contributed by atoms with Gasteiger partial charge in [0.15, 0.2) is 0 Å². The van der Waals surface area contributed by atoms with E-state index in [2.05, 4.69) is 55.6 Å². The molecule has 0 amide bonds. The Labute approximate surface area is 121 Å². The Balaban J connectivity index is 2.28. The second-order valence-corrected chi connectivity index (χ2v) is 5.32. The fraction of sp³-hybridized carbons (Fsp3) is 0.333. The van der Waals surface area contributed by atoms with Crippen LogP contribution in [0.15, 0.2) is 54.6 Å². The quantitative estimate of drug-likeness (QED) is 0.856. The van der Waals surface area contributed by atoms with E-state index in [0.29, 0.717) is 5.92 Å². The summed E-state index contributed by atoms with van der Waals surface area (Å²) in [7, 11) is 1.96. The lowest BCUT2D eigenvalue weighted by Gasteiger charge is -2.24. The van der Waals surface area contributed by atoms with Crippen molar-refractivity contribution in [2.45, 2.75) is 20.0 Å². The van der Waals surface area contributed by atoms with Crippen molar-refractivity contribution in [3.05, 3.63) is 54.6 Å². The molecule has 0 aliphatic carbocycles. The molecule has 0 saturated heterocycles. The lowest BCUT2D eigenvalue weighted by atomic mass is 10.0. The lowest BCUT2D eigenvalue weighted by Crippen LogP contribution is -2.33. The summed E-state index contributed by atoms with van der Waals surface area (Å²) in [6, 6.07) is 18.6. The Bertz CT molecular complexity index is 522. The fourth-order valence-electron chi connectivity index (χ4n) is 2.20. The summed E-state index contributed by atoms with van der Waals surface area (Å²) in [4.78, 5) is 0. The van der Waals surface area contributed by atoms with Gasteiger partial charge >= 0.3 is 0 Å². The van der Waals surface area contributed by atoms with Crippen LogP contribution in [-0.2, 0) is 0 Å². The molecular weight excluding hydrogens is 246 g/mol. The molecule has 2 heteroatoms. The molecule has 1 unspecified atom stereocenters. The van der Waals surface area contributed by atoms with E-state index >= 15 is 0 Å². The zero-order chi connectivity index (χ0) is 14.4. The van der Waals surface area contributed by atoms with Crippen LogP contribution >= 0.6 is 0 Å². The molecule has 2 nitrogen and oxygen atoms in total. The van der Waals surface area contributed by atoms with Crippen LogP contribution in [0.1, 0.15) is 13.8 Å². The van der Waals surface area contributed by atoms with E-state index < -0.39 is 0 Å². The largest absolute Gasteiger partial charge is 0.488 e. The first-order valence-electron chi connectivity index (χ1n) is 7.18. The highest BCUT2D eigenvalue weighted by Gasteiger charge is 2.16. The molecule has 0 radical (unpaired) electrons. The number of hydrogen-bond donors (Lipinski definition) is 1. The Hall–Kier alpha value is -1.80. The smallest absolute Gasteiger partial charge is 0.127 e. The van der Waals surface area contributed by atoms with Crippen molar-refractivity contribution in [1.82, 2.24) is 5.32 Å². The molecule has 2 aromatic rings. The van der Waals surface area contributed by atoms with Gasteiger partial charge in [-0.1, -0.05) is 62.4 Å². The molecule has 106 valence electrons. The second kappa shape index (κ2) is 7.11. The summed E-state index contributed by atoms with van der Waals surface area (Å²) in [6.07, 6.45) is 0.171. The topological polar surface area (TPSA) is 21.3 Å². The zero-order valence-electron chi connectivity index (χ0n) is 12.5. The third-order valence-electron chi connectivity index (χ3n) is 3.40. The van der Waals surface area contributed by atoms with Crippen molar-refractivity contribution < 1.29 is 4.74 Å². The number of para-hydroxylation sites is 1. The van der Waals surface area contributed by atoms with Crippen LogP contribution in [0.3, 0.4) is 0 Å². The third-order valence-corrected chi connectivity index (χ3v) is 3.40. The van der Waals surface area contributed by atoms with E-state index in [0.717, 1.165) is 17.9 Å². The van der Waals surface area contributed by atoms with E-state index in [9.17, 15) is 0 Å². The van der Waals surface area contributed by atoms with Gasteiger partial charge < -0.3 is 10.1 Å². The molecular formula is C18H23NO. The van der Waals surface area contributed by atoms with Crippen LogP contribution in [0.2, 0.25) is 0 Å². The molecule has 0 aromatic heterocycles. The van der Waals surface area contributed by atoms with Crippen molar-refractivity contribution in [2.75, 3.05) is 13.6 Å². The Kier molecular flexibility index (Phi) is 5.19. The van der Waals surface area contributed by atoms with Gasteiger partial charge in [-0.25, -0.2) is 0 Å². The van der Waals surface area contributed by atoms with Gasteiger partial charge in [0, 0.05) is 12.1 Å². The first-order valence-corrected chi connectivity index (χ1v) is 7.18. The maximum atomic E-state index is 6.24. The SMILES string of the molecule is CNCC(Oc1ccccc1-c1ccccc1)C(C)C. The fourth-order valence-corrected chi connectivity index (χ4v) is 2.20. The number of benzene rings is 2. The van der Waals surface area contributed by atoms with Gasteiger partial charge in [-0.05, 0) is 24.6 Å². The first kappa shape index (κ1) is 14.6. The highest BCUT2D eigenvalue weighted by Crippen LogP contribution is 2.30. The predicted molar refractivity (Wildman–Crippen MR) is 85.1 cm³/mol. The van der Waals surface area contributed by atoms with Crippen LogP contribution in [0.4, 0.5) is 0 Å². The van der Waals surface area contributed by atoms with Crippen molar-refractivity contribution >= 4 is 0 Å². The normalized spacial score (nSPS) is 12.4. The molecule has 1 atom stereocenters. The Morgan fingerprint density at radius 1 is 0.950 bits per heavy atom. The summed E-state index contributed by atoms with van der Waals surface area (Å²) in [6.45, 7) is 5.22. The summed E-state index contributed by atoms with van der Waals surface area (Å²) >= 11 is 0. The van der Waals surface area contributed by atoms with Gasteiger partial charge in [0.2, 0.25) is 0 Å². The number of ether oxygens (including phenoxy) is 1. The van der Waals surface area contributed by atoms with E-state index in [1.807, 2.05) is 25.2 Å². The van der Waals surface area contributed by atoms with E-state index in [1.165, 1.54) is 5.56 Å². The van der Waals surface area contributed by atoms with Crippen LogP contribution in [-0.4, -0.2) is 19.7 Å². The number of rotatable bonds is 6. The molecule has 0 heterocycles. The second-order valence-electron chi connectivity index (χ2n) is 5.32. The molecule has 1 N–H and O–H groups in total. The van der Waals surface area contributed by atoms with Crippen molar-refractivity contribution in [2.24, 2.45) is 5.92 Å². The average molecular weight is 269 g/mol. The maximum Gasteiger partial charge on any atom is 0.127 e. The monoisotopic (exact) mass is 269 g/mol. The Morgan fingerprint density at radius 2 is 1.60 bits per heavy atom. The van der Waals surface area contributed by atoms with Gasteiger partial charge in [-0.15, -0.1) is 0 Å². The summed E-state index contributed by atoms with van der Waals surface area (Å²) in [5.41, 5.74) is 2.34. The molecule has 0 saturated carbocycles. The van der Waals surface area contributed by atoms with Gasteiger partial charge in [0.1, 0.15) is 11.9 Å². The summed E-state index contributed by atoms with van der Waals surface area (Å²) < 4.78 is 6.24. The lowest BCUT2D eigenvalue weighted by molar-refractivity contribution is 0.152. The van der Waals surface area contributed by atoms with Crippen LogP contribution in [0.25, 0.3) is 11.1 Å². The predicted octanol–water partition coefficient (Wildman–Crippen LogP) is 3.98. The molecule has 0 fully saturated rings. The molecule has 20 heavy (non-hydrogen) atoms. The van der Waals surface area contributed by atoms with Gasteiger partial charge in [-0.2, -0.15) is 0 Å². The average Bonchev–Trinajstić information content (AvgIpc) is 2.48. The van der Waals surface area contributed by atoms with Crippen molar-refractivity contribution in [1.29, 1.82) is 0 Å². The molecule has 0 bridgehead atoms. The number of likely N-dealkylation sites (N-methyl/N-ethyl adjacent to an activating group) is 1. The third kappa shape index (κ3) is 3.61. The van der Waals surface area contributed by atoms with E-state index in [1.54, 1.807) is 0 Å². The minimum Gasteiger partial charge on any atom is -0.488 e. The number of hydrogen-bond acceptors (Lipinski definition) is 2. The molecule has 0 aliphatic heterocycles. The Morgan fingerprint density at radius 3 is 2.25 bits per heavy atom. The molecule has 0 spiro atoms. The standard InChI is InChI=1S/C18H23NO/c1-14(2)18(13-19-3)20-17-12-8-7-11-16(17)15-9-5-4-6-10-15/h4-12,14,18-19H,13H2,1-3H3.